The number of rotatable bonds is 12. The quantitative estimate of drug-likeness (QED) is 0.121. The van der Waals surface area contributed by atoms with Crippen LogP contribution in [0.3, 0.4) is 0 Å². The van der Waals surface area contributed by atoms with Gasteiger partial charge in [-0.05, 0) is 189 Å². The average molecular weight is 1490 g/mol. The molecule has 0 atom stereocenters. The number of nitrogens with zero attached hydrogens (tertiary/aromatic N) is 4. The maximum atomic E-state index is 2.48. The van der Waals surface area contributed by atoms with Gasteiger partial charge in [0.15, 0.2) is 0 Å². The van der Waals surface area contributed by atoms with E-state index in [0.29, 0.717) is 0 Å². The van der Waals surface area contributed by atoms with Crippen LogP contribution in [-0.2, 0) is 0 Å². The smallest absolute Gasteiger partial charge is 0.0640 e. The Morgan fingerprint density at radius 1 is 0.195 bits per heavy atom. The van der Waals surface area contributed by atoms with Crippen molar-refractivity contribution in [1.29, 1.82) is 0 Å². The third kappa shape index (κ3) is 11.4. The molecule has 0 radical (unpaired) electrons. The van der Waals surface area contributed by atoms with Crippen molar-refractivity contribution in [3.63, 3.8) is 0 Å². The lowest BCUT2D eigenvalue weighted by atomic mass is 9.93. The molecule has 0 aliphatic heterocycles. The molecule has 0 amide bonds. The Hall–Kier alpha value is -13.9. The van der Waals surface area contributed by atoms with E-state index in [1.165, 1.54) is 171 Å². The predicted molar refractivity (Wildman–Crippen MR) is 489 cm³/mol. The zero-order chi connectivity index (χ0) is 74.5. The van der Waals surface area contributed by atoms with E-state index in [9.17, 15) is 0 Å². The largest absolute Gasteiger partial charge is 0.310 e. The first-order valence-corrected chi connectivity index (χ1v) is 40.9. The summed E-state index contributed by atoms with van der Waals surface area (Å²) < 4.78 is 12.6. The SMILES string of the molecule is c1ccc(-c2ccc(N(c3ccc(-c4ccc(-n5c6ccccc6c6ccccc65)cc4-c4ccccc4)cc3)c3ccc4sc5ccc6ccccc6c5c4c3)cc2)cc1.c1ccc2c(c1)sc1c(N(c3ccc(-c4ccc(-n5c6ccccc6c6ccccc65)cc4)cc3)c3cccc4c3sc3ccccc34)cccc12. The summed E-state index contributed by atoms with van der Waals surface area (Å²) in [5, 5.41) is 15.5. The van der Waals surface area contributed by atoms with Gasteiger partial charge < -0.3 is 18.9 Å². The maximum absolute atomic E-state index is 2.48. The van der Waals surface area contributed by atoms with Crippen molar-refractivity contribution in [2.75, 3.05) is 9.80 Å². The fraction of sp³-hybridized carbons (Fsp3) is 0. The highest BCUT2D eigenvalue weighted by molar-refractivity contribution is 7.27. The molecule has 4 nitrogen and oxygen atoms in total. The summed E-state index contributed by atoms with van der Waals surface area (Å²) in [6, 6.07) is 151. The van der Waals surface area contributed by atoms with Crippen LogP contribution in [0.2, 0.25) is 0 Å². The van der Waals surface area contributed by atoms with Gasteiger partial charge in [0.05, 0.1) is 42.8 Å². The third-order valence-electron chi connectivity index (χ3n) is 22.6. The molecular formula is C106H68N4S3. The Balaban J connectivity index is 0.000000140. The second kappa shape index (κ2) is 27.6. The molecular weight excluding hydrogens is 1430 g/mol. The number of hydrogen-bond acceptors (Lipinski definition) is 5. The fourth-order valence-electron chi connectivity index (χ4n) is 17.4. The number of benzene rings is 18. The number of fused-ring (bicyclic) bond motifs is 17. The van der Waals surface area contributed by atoms with Crippen molar-refractivity contribution in [2.24, 2.45) is 0 Å². The summed E-state index contributed by atoms with van der Waals surface area (Å²) in [7, 11) is 0. The fourth-order valence-corrected chi connectivity index (χ4v) is 20.9. The monoisotopic (exact) mass is 1490 g/mol. The molecule has 0 fully saturated rings. The molecule has 7 heteroatoms. The van der Waals surface area contributed by atoms with Crippen LogP contribution in [-0.4, -0.2) is 9.13 Å². The predicted octanol–water partition coefficient (Wildman–Crippen LogP) is 31.4. The molecule has 113 heavy (non-hydrogen) atoms. The van der Waals surface area contributed by atoms with Crippen molar-refractivity contribution >= 4 is 183 Å². The Morgan fingerprint density at radius 3 is 1.10 bits per heavy atom. The molecule has 530 valence electrons. The highest BCUT2D eigenvalue weighted by Gasteiger charge is 2.24. The molecule has 23 rings (SSSR count). The molecule has 0 saturated carbocycles. The topological polar surface area (TPSA) is 16.3 Å². The van der Waals surface area contributed by atoms with E-state index in [0.717, 1.165) is 34.1 Å². The van der Waals surface area contributed by atoms with Gasteiger partial charge in [-0.2, -0.15) is 0 Å². The first-order chi connectivity index (χ1) is 56.0. The van der Waals surface area contributed by atoms with Crippen LogP contribution in [0.25, 0.3) is 171 Å². The Kier molecular flexibility index (Phi) is 16.1. The molecule has 5 heterocycles. The lowest BCUT2D eigenvalue weighted by Gasteiger charge is -2.27. The lowest BCUT2D eigenvalue weighted by Crippen LogP contribution is -2.10. The normalized spacial score (nSPS) is 11.7. The molecule has 0 unspecified atom stereocenters. The van der Waals surface area contributed by atoms with E-state index in [1.807, 2.05) is 34.0 Å². The molecule has 0 aliphatic rings. The van der Waals surface area contributed by atoms with E-state index in [2.05, 4.69) is 431 Å². The molecule has 0 bridgehead atoms. The van der Waals surface area contributed by atoms with Gasteiger partial charge in [0.25, 0.3) is 0 Å². The summed E-state index contributed by atoms with van der Waals surface area (Å²) in [6.45, 7) is 0. The van der Waals surface area contributed by atoms with Crippen LogP contribution < -0.4 is 9.80 Å². The van der Waals surface area contributed by atoms with E-state index >= 15 is 0 Å². The van der Waals surface area contributed by atoms with E-state index in [4.69, 9.17) is 0 Å². The van der Waals surface area contributed by atoms with Gasteiger partial charge in [-0.15, -0.1) is 34.0 Å². The van der Waals surface area contributed by atoms with Gasteiger partial charge in [0.1, 0.15) is 0 Å². The minimum absolute atomic E-state index is 1.10. The van der Waals surface area contributed by atoms with E-state index < -0.39 is 0 Å². The number of aromatic nitrogens is 2. The van der Waals surface area contributed by atoms with Crippen molar-refractivity contribution in [3.8, 4) is 55.9 Å². The highest BCUT2D eigenvalue weighted by atomic mass is 32.1. The lowest BCUT2D eigenvalue weighted by molar-refractivity contribution is 1.18. The molecule has 18 aromatic carbocycles. The van der Waals surface area contributed by atoms with Crippen molar-refractivity contribution in [2.45, 2.75) is 0 Å². The van der Waals surface area contributed by atoms with Crippen LogP contribution in [0.1, 0.15) is 0 Å². The van der Waals surface area contributed by atoms with Crippen LogP contribution >= 0.6 is 34.0 Å². The van der Waals surface area contributed by atoms with E-state index in [-0.39, 0.29) is 0 Å². The molecule has 23 aromatic rings. The Bertz CT molecular complexity index is 7380. The minimum Gasteiger partial charge on any atom is -0.310 e. The number of thiophene rings is 3. The van der Waals surface area contributed by atoms with Gasteiger partial charge in [-0.1, -0.05) is 279 Å². The second-order valence-electron chi connectivity index (χ2n) is 29.0. The number of para-hydroxylation sites is 4. The molecule has 0 N–H and O–H groups in total. The summed E-state index contributed by atoms with van der Waals surface area (Å²) in [5.41, 5.74) is 23.6. The van der Waals surface area contributed by atoms with Crippen LogP contribution in [0.5, 0.6) is 0 Å². The van der Waals surface area contributed by atoms with Crippen LogP contribution in [0.4, 0.5) is 34.1 Å². The molecule has 0 saturated heterocycles. The van der Waals surface area contributed by atoms with Gasteiger partial charge in [0.2, 0.25) is 0 Å². The summed E-state index contributed by atoms with van der Waals surface area (Å²) in [4.78, 5) is 4.88. The summed E-state index contributed by atoms with van der Waals surface area (Å²) in [6.07, 6.45) is 0. The van der Waals surface area contributed by atoms with Crippen LogP contribution in [0.15, 0.2) is 413 Å². The highest BCUT2D eigenvalue weighted by Crippen LogP contribution is 2.51. The van der Waals surface area contributed by atoms with Gasteiger partial charge in [0, 0.05) is 107 Å². The molecule has 0 spiro atoms. The Morgan fingerprint density at radius 2 is 0.566 bits per heavy atom. The van der Waals surface area contributed by atoms with Gasteiger partial charge in [-0.3, -0.25) is 0 Å². The van der Waals surface area contributed by atoms with Crippen molar-refractivity contribution in [3.05, 3.63) is 413 Å². The zero-order valence-electron chi connectivity index (χ0n) is 61.3. The first-order valence-electron chi connectivity index (χ1n) is 38.4. The van der Waals surface area contributed by atoms with Crippen molar-refractivity contribution in [1.82, 2.24) is 9.13 Å². The second-order valence-corrected chi connectivity index (χ2v) is 32.2. The maximum Gasteiger partial charge on any atom is 0.0640 e. The van der Waals surface area contributed by atoms with E-state index in [1.54, 1.807) is 0 Å². The third-order valence-corrected chi connectivity index (χ3v) is 26.2. The number of hydrogen-bond donors (Lipinski definition) is 0. The molecule has 0 aliphatic carbocycles. The van der Waals surface area contributed by atoms with Gasteiger partial charge >= 0.3 is 0 Å². The summed E-state index contributed by atoms with van der Waals surface area (Å²) in [5.74, 6) is 0. The molecule has 5 aromatic heterocycles. The standard InChI is InChI=1S/C58H38N2S.C48H30N2S2/c1-3-13-39(14-4-1)40-23-28-44(29-24-40)59(46-33-36-56-53(38-46)58-49-18-8-7-17-42(49)27-35-57(58)61-56)45-30-25-43(26-31-45)48-34-32-47(37-52(48)41-15-5-2-6-16-41)60-54-21-11-9-19-50(54)51-20-10-12-22-55(51)60;1-5-17-41-35(11-1)36-12-2-6-18-42(36)49(41)33-27-23-31(24-28-33)32-25-29-34(30-26-32)50(43-19-9-15-39-37-13-3-7-21-45(37)51-47(39)43)44-20-10-16-40-38-14-4-8-22-46(38)52-48(40)44/h1-38H;1-30H. The summed E-state index contributed by atoms with van der Waals surface area (Å²) >= 11 is 5.62. The first kappa shape index (κ1) is 66.1. The Labute approximate surface area is 665 Å². The number of anilines is 6. The van der Waals surface area contributed by atoms with Crippen LogP contribution in [0, 0.1) is 0 Å². The average Bonchev–Trinajstić information content (AvgIpc) is 1.62. The zero-order valence-corrected chi connectivity index (χ0v) is 63.7. The van der Waals surface area contributed by atoms with Crippen molar-refractivity contribution < 1.29 is 0 Å². The van der Waals surface area contributed by atoms with Gasteiger partial charge in [-0.25, -0.2) is 0 Å². The minimum atomic E-state index is 1.10.